The molecule has 4 atom stereocenters. The largest absolute Gasteiger partial charge is 0.493 e. The molecule has 0 spiro atoms. The first kappa shape index (κ1) is 30.7. The summed E-state index contributed by atoms with van der Waals surface area (Å²) in [6.07, 6.45) is 13.3. The second-order valence-electron chi connectivity index (χ2n) is 10.1. The number of carbonyl (C=O) groups is 2. The van der Waals surface area contributed by atoms with Gasteiger partial charge < -0.3 is 24.1 Å². The number of hydrogen-bond donors (Lipinski definition) is 1. The Labute approximate surface area is 222 Å². The number of aliphatic hydroxyl groups excluding tert-OH is 1. The number of carbonyl (C=O) groups excluding carboxylic acids is 2. The van der Waals surface area contributed by atoms with Gasteiger partial charge in [-0.1, -0.05) is 64.5 Å². The molecule has 1 aromatic rings. The predicted molar refractivity (Wildman–Crippen MR) is 144 cm³/mol. The molecule has 0 saturated heterocycles. The van der Waals surface area contributed by atoms with Gasteiger partial charge >= 0.3 is 5.97 Å². The SMILES string of the molecule is CCCCC[C@H](C)/C=C/[C@H]1[C@H](O)CC(=O)[C@@H]1CCCCCCC(=O)Oc1cc(OC)c(OC)c(OC)c1. The Bertz CT molecular complexity index is 854. The molecule has 0 amide bonds. The molecule has 1 aromatic carbocycles. The van der Waals surface area contributed by atoms with Crippen molar-refractivity contribution in [1.29, 1.82) is 0 Å². The van der Waals surface area contributed by atoms with Crippen molar-refractivity contribution >= 4 is 11.8 Å². The summed E-state index contributed by atoms with van der Waals surface area (Å²) >= 11 is 0. The summed E-state index contributed by atoms with van der Waals surface area (Å²) in [6, 6.07) is 3.20. The Balaban J connectivity index is 1.74. The maximum atomic E-state index is 12.5. The molecule has 0 bridgehead atoms. The molecule has 1 aliphatic rings. The van der Waals surface area contributed by atoms with Gasteiger partial charge in [-0.2, -0.15) is 0 Å². The van der Waals surface area contributed by atoms with Crippen molar-refractivity contribution < 1.29 is 33.6 Å². The molecule has 7 nitrogen and oxygen atoms in total. The number of unbranched alkanes of at least 4 members (excludes halogenated alkanes) is 5. The van der Waals surface area contributed by atoms with Crippen molar-refractivity contribution in [1.82, 2.24) is 0 Å². The topological polar surface area (TPSA) is 91.3 Å². The first-order valence-corrected chi connectivity index (χ1v) is 13.7. The number of Topliss-reactive ketones (excluding diaryl/α,β-unsaturated/α-hetero) is 1. The van der Waals surface area contributed by atoms with E-state index in [1.54, 1.807) is 12.1 Å². The summed E-state index contributed by atoms with van der Waals surface area (Å²) in [4.78, 5) is 24.8. The van der Waals surface area contributed by atoms with E-state index in [2.05, 4.69) is 26.0 Å². The van der Waals surface area contributed by atoms with Crippen LogP contribution in [0, 0.1) is 17.8 Å². The van der Waals surface area contributed by atoms with Gasteiger partial charge in [0.2, 0.25) is 5.75 Å². The second-order valence-corrected chi connectivity index (χ2v) is 10.1. The van der Waals surface area contributed by atoms with E-state index in [9.17, 15) is 14.7 Å². The summed E-state index contributed by atoms with van der Waals surface area (Å²) in [5.41, 5.74) is 0. The third-order valence-corrected chi connectivity index (χ3v) is 7.17. The summed E-state index contributed by atoms with van der Waals surface area (Å²) in [6.45, 7) is 4.41. The highest BCUT2D eigenvalue weighted by atomic mass is 16.5. The minimum absolute atomic E-state index is 0.0745. The lowest BCUT2D eigenvalue weighted by molar-refractivity contribution is -0.134. The van der Waals surface area contributed by atoms with Crippen LogP contribution in [-0.4, -0.2) is 44.3 Å². The number of ether oxygens (including phenoxy) is 4. The highest BCUT2D eigenvalue weighted by molar-refractivity contribution is 5.84. The van der Waals surface area contributed by atoms with Crippen LogP contribution >= 0.6 is 0 Å². The van der Waals surface area contributed by atoms with Crippen LogP contribution in [0.1, 0.15) is 84.5 Å². The van der Waals surface area contributed by atoms with Gasteiger partial charge in [-0.25, -0.2) is 0 Å². The summed E-state index contributed by atoms with van der Waals surface area (Å²) in [7, 11) is 4.54. The molecule has 1 aliphatic carbocycles. The molecule has 1 fully saturated rings. The van der Waals surface area contributed by atoms with Gasteiger partial charge in [0.25, 0.3) is 0 Å². The number of aliphatic hydroxyl groups is 1. The molecule has 0 aromatic heterocycles. The Morgan fingerprint density at radius 1 is 1.03 bits per heavy atom. The minimum Gasteiger partial charge on any atom is -0.493 e. The van der Waals surface area contributed by atoms with Crippen molar-refractivity contribution in [3.8, 4) is 23.0 Å². The van der Waals surface area contributed by atoms with E-state index in [1.165, 1.54) is 40.6 Å². The molecule has 1 N–H and O–H groups in total. The van der Waals surface area contributed by atoms with E-state index in [4.69, 9.17) is 18.9 Å². The van der Waals surface area contributed by atoms with Gasteiger partial charge in [0.15, 0.2) is 11.5 Å². The van der Waals surface area contributed by atoms with Crippen LogP contribution < -0.4 is 18.9 Å². The average Bonchev–Trinajstić information content (AvgIpc) is 3.15. The third kappa shape index (κ3) is 9.69. The van der Waals surface area contributed by atoms with Crippen LogP contribution in [0.2, 0.25) is 0 Å². The number of allylic oxidation sites excluding steroid dienone is 1. The first-order chi connectivity index (χ1) is 17.8. The van der Waals surface area contributed by atoms with Crippen molar-refractivity contribution in [2.24, 2.45) is 17.8 Å². The molecule has 0 unspecified atom stereocenters. The third-order valence-electron chi connectivity index (χ3n) is 7.17. The zero-order valence-electron chi connectivity index (χ0n) is 23.3. The van der Waals surface area contributed by atoms with E-state index in [1.807, 2.05) is 0 Å². The second kappa shape index (κ2) is 16.3. The van der Waals surface area contributed by atoms with E-state index < -0.39 is 6.10 Å². The molecule has 0 radical (unpaired) electrons. The molecule has 0 aliphatic heterocycles. The molecule has 37 heavy (non-hydrogen) atoms. The van der Waals surface area contributed by atoms with E-state index in [0.717, 1.165) is 32.1 Å². The smallest absolute Gasteiger partial charge is 0.311 e. The van der Waals surface area contributed by atoms with E-state index >= 15 is 0 Å². The summed E-state index contributed by atoms with van der Waals surface area (Å²) in [5, 5.41) is 10.4. The highest BCUT2D eigenvalue weighted by Crippen LogP contribution is 2.41. The summed E-state index contributed by atoms with van der Waals surface area (Å²) < 4.78 is 21.4. The van der Waals surface area contributed by atoms with Crippen LogP contribution in [0.4, 0.5) is 0 Å². The average molecular weight is 519 g/mol. The van der Waals surface area contributed by atoms with Crippen LogP contribution in [-0.2, 0) is 9.59 Å². The van der Waals surface area contributed by atoms with Crippen LogP contribution in [0.3, 0.4) is 0 Å². The van der Waals surface area contributed by atoms with Gasteiger partial charge in [0.05, 0.1) is 27.4 Å². The van der Waals surface area contributed by atoms with Crippen molar-refractivity contribution in [3.05, 3.63) is 24.3 Å². The number of methoxy groups -OCH3 is 3. The lowest BCUT2D eigenvalue weighted by atomic mass is 9.87. The van der Waals surface area contributed by atoms with E-state index in [0.29, 0.717) is 41.8 Å². The molecular weight excluding hydrogens is 472 g/mol. The monoisotopic (exact) mass is 518 g/mol. The Morgan fingerprint density at radius 2 is 1.70 bits per heavy atom. The number of esters is 1. The highest BCUT2D eigenvalue weighted by Gasteiger charge is 2.39. The standard InChI is InChI=1S/C30H46O7/c1-6-7-10-13-21(2)16-17-24-23(25(31)20-26(24)32)14-11-8-9-12-15-29(33)37-22-18-27(34-3)30(36-5)28(19-22)35-4/h16-19,21,23-24,26,32H,6-15,20H2,1-5H3/b17-16+/t21-,23+,24+,26+/m0/s1. The van der Waals surface area contributed by atoms with Crippen molar-refractivity contribution in [3.63, 3.8) is 0 Å². The fourth-order valence-electron chi connectivity index (χ4n) is 5.01. The van der Waals surface area contributed by atoms with Crippen molar-refractivity contribution in [2.45, 2.75) is 90.6 Å². The van der Waals surface area contributed by atoms with Gasteiger partial charge in [-0.15, -0.1) is 0 Å². The first-order valence-electron chi connectivity index (χ1n) is 13.7. The van der Waals surface area contributed by atoms with Gasteiger partial charge in [0.1, 0.15) is 11.5 Å². The van der Waals surface area contributed by atoms with Crippen molar-refractivity contribution in [2.75, 3.05) is 21.3 Å². The fraction of sp³-hybridized carbons (Fsp3) is 0.667. The molecule has 208 valence electrons. The Kier molecular flexibility index (Phi) is 13.5. The van der Waals surface area contributed by atoms with Crippen LogP contribution in [0.25, 0.3) is 0 Å². The van der Waals surface area contributed by atoms with Gasteiger partial charge in [-0.05, 0) is 25.2 Å². The van der Waals surface area contributed by atoms with Crippen LogP contribution in [0.15, 0.2) is 24.3 Å². The number of hydrogen-bond acceptors (Lipinski definition) is 7. The maximum Gasteiger partial charge on any atom is 0.311 e. The lowest BCUT2D eigenvalue weighted by Crippen LogP contribution is -2.18. The lowest BCUT2D eigenvalue weighted by Gasteiger charge is -2.18. The molecule has 2 rings (SSSR count). The predicted octanol–water partition coefficient (Wildman–Crippen LogP) is 6.30. The van der Waals surface area contributed by atoms with Crippen LogP contribution in [0.5, 0.6) is 23.0 Å². The quantitative estimate of drug-likeness (QED) is 0.112. The summed E-state index contributed by atoms with van der Waals surface area (Å²) in [5.74, 6) is 1.79. The molecule has 1 saturated carbocycles. The number of ketones is 1. The molecule has 0 heterocycles. The molecule has 7 heteroatoms. The minimum atomic E-state index is -0.568. The number of rotatable bonds is 17. The van der Waals surface area contributed by atoms with Gasteiger partial charge in [-0.3, -0.25) is 9.59 Å². The Morgan fingerprint density at radius 3 is 2.32 bits per heavy atom. The number of benzene rings is 1. The fourth-order valence-corrected chi connectivity index (χ4v) is 5.01. The normalized spacial score (nSPS) is 20.3. The van der Waals surface area contributed by atoms with Gasteiger partial charge in [0, 0.05) is 36.8 Å². The Hall–Kier alpha value is -2.54. The zero-order valence-corrected chi connectivity index (χ0v) is 23.3. The maximum absolute atomic E-state index is 12.5. The molecular formula is C30H46O7. The zero-order chi connectivity index (χ0) is 27.2. The van der Waals surface area contributed by atoms with E-state index in [-0.39, 0.29) is 30.0 Å².